The number of hydrogen-bond donors (Lipinski definition) is 1. The molecule has 0 spiro atoms. The molecule has 0 unspecified atom stereocenters. The zero-order chi connectivity index (χ0) is 11.4. The van der Waals surface area contributed by atoms with E-state index >= 15 is 0 Å². The molecule has 2 rings (SSSR count). The van der Waals surface area contributed by atoms with E-state index < -0.39 is 0 Å². The first-order valence-electron chi connectivity index (χ1n) is 5.20. The summed E-state index contributed by atoms with van der Waals surface area (Å²) in [6.07, 6.45) is 3.31. The number of nitrogens with zero attached hydrogens (tertiary/aromatic N) is 4. The number of aliphatic hydroxyl groups is 1. The zero-order valence-electron chi connectivity index (χ0n) is 9.13. The van der Waals surface area contributed by atoms with Gasteiger partial charge in [-0.25, -0.2) is 4.68 Å². The van der Waals surface area contributed by atoms with E-state index in [0.29, 0.717) is 13.0 Å². The molecule has 0 aliphatic rings. The maximum Gasteiger partial charge on any atom is 0.158 e. The van der Waals surface area contributed by atoms with Crippen LogP contribution in [-0.4, -0.2) is 31.9 Å². The molecule has 86 valence electrons. The Morgan fingerprint density at radius 3 is 3.06 bits per heavy atom. The van der Waals surface area contributed by atoms with Gasteiger partial charge in [-0.05, 0) is 19.8 Å². The molecule has 2 aromatic rings. The van der Waals surface area contributed by atoms with Crippen LogP contribution < -0.4 is 0 Å². The smallest absolute Gasteiger partial charge is 0.158 e. The summed E-state index contributed by atoms with van der Waals surface area (Å²) in [5.41, 5.74) is 1.74. The number of aryl methyl sites for hydroxylation is 2. The molecular weight excluding hydrogens is 208 g/mol. The molecule has 0 aliphatic carbocycles. The lowest BCUT2D eigenvalue weighted by Crippen LogP contribution is -1.98. The molecule has 0 bridgehead atoms. The highest BCUT2D eigenvalue weighted by Gasteiger charge is 2.04. The molecule has 16 heavy (non-hydrogen) atoms. The van der Waals surface area contributed by atoms with Gasteiger partial charge in [-0.1, -0.05) is 10.4 Å². The predicted octanol–water partition coefficient (Wildman–Crippen LogP) is 0.548. The topological polar surface area (TPSA) is 77.0 Å². The number of rotatable bonds is 5. The highest BCUT2D eigenvalue weighted by Crippen LogP contribution is 2.05. The van der Waals surface area contributed by atoms with Crippen LogP contribution in [0.2, 0.25) is 0 Å². The third-order valence-corrected chi connectivity index (χ3v) is 2.17. The largest absolute Gasteiger partial charge is 0.396 e. The van der Waals surface area contributed by atoms with Gasteiger partial charge in [0.25, 0.3) is 0 Å². The maximum absolute atomic E-state index is 8.69. The summed E-state index contributed by atoms with van der Waals surface area (Å²) in [6.45, 7) is 2.59. The fraction of sp³-hybridized carbons (Fsp3) is 0.500. The Morgan fingerprint density at radius 1 is 1.50 bits per heavy atom. The van der Waals surface area contributed by atoms with E-state index in [4.69, 9.17) is 9.63 Å². The molecule has 0 saturated heterocycles. The molecular formula is C10H14N4O2. The fourth-order valence-corrected chi connectivity index (χ4v) is 1.44. The quantitative estimate of drug-likeness (QED) is 0.799. The van der Waals surface area contributed by atoms with E-state index in [0.717, 1.165) is 23.6 Å². The van der Waals surface area contributed by atoms with Crippen molar-refractivity contribution in [1.29, 1.82) is 0 Å². The lowest BCUT2D eigenvalue weighted by molar-refractivity contribution is 0.288. The van der Waals surface area contributed by atoms with Crippen molar-refractivity contribution in [3.8, 4) is 0 Å². The average molecular weight is 222 g/mol. The van der Waals surface area contributed by atoms with Crippen LogP contribution in [0, 0.1) is 6.92 Å². The minimum atomic E-state index is 0.175. The molecule has 0 fully saturated rings. The van der Waals surface area contributed by atoms with Crippen molar-refractivity contribution >= 4 is 0 Å². The second-order valence-electron chi connectivity index (χ2n) is 3.67. The Hall–Kier alpha value is -1.69. The first-order valence-corrected chi connectivity index (χ1v) is 5.20. The van der Waals surface area contributed by atoms with Gasteiger partial charge >= 0.3 is 0 Å². The molecule has 6 heteroatoms. The molecule has 0 aromatic carbocycles. The molecule has 0 saturated carbocycles. The Balaban J connectivity index is 1.97. The SMILES string of the molecule is Cc1cc(Cn2cc(CCCO)nn2)on1. The van der Waals surface area contributed by atoms with Crippen molar-refractivity contribution in [2.45, 2.75) is 26.3 Å². The van der Waals surface area contributed by atoms with Gasteiger partial charge in [0.15, 0.2) is 5.76 Å². The van der Waals surface area contributed by atoms with Gasteiger partial charge in [0, 0.05) is 18.9 Å². The Labute approximate surface area is 92.9 Å². The summed E-state index contributed by atoms with van der Waals surface area (Å²) < 4.78 is 6.78. The van der Waals surface area contributed by atoms with Crippen LogP contribution in [0.4, 0.5) is 0 Å². The molecule has 2 aromatic heterocycles. The summed E-state index contributed by atoms with van der Waals surface area (Å²) >= 11 is 0. The van der Waals surface area contributed by atoms with Gasteiger partial charge in [-0.2, -0.15) is 0 Å². The lowest BCUT2D eigenvalue weighted by atomic mass is 10.3. The van der Waals surface area contributed by atoms with E-state index in [1.54, 1.807) is 4.68 Å². The van der Waals surface area contributed by atoms with Gasteiger partial charge in [0.05, 0.1) is 11.4 Å². The number of aliphatic hydroxyl groups excluding tert-OH is 1. The van der Waals surface area contributed by atoms with E-state index in [1.807, 2.05) is 19.2 Å². The molecule has 1 N–H and O–H groups in total. The Kier molecular flexibility index (Phi) is 3.31. The molecule has 0 aliphatic heterocycles. The van der Waals surface area contributed by atoms with Crippen LogP contribution >= 0.6 is 0 Å². The average Bonchev–Trinajstić information content (AvgIpc) is 2.86. The molecule has 0 radical (unpaired) electrons. The summed E-state index contributed by atoms with van der Waals surface area (Å²) in [7, 11) is 0. The minimum absolute atomic E-state index is 0.175. The second kappa shape index (κ2) is 4.89. The number of aromatic nitrogens is 4. The van der Waals surface area contributed by atoms with Gasteiger partial charge < -0.3 is 9.63 Å². The zero-order valence-corrected chi connectivity index (χ0v) is 9.13. The second-order valence-corrected chi connectivity index (χ2v) is 3.67. The van der Waals surface area contributed by atoms with Crippen molar-refractivity contribution in [3.63, 3.8) is 0 Å². The lowest BCUT2D eigenvalue weighted by Gasteiger charge is -1.93. The summed E-state index contributed by atoms with van der Waals surface area (Å²) in [5, 5.41) is 20.5. The first kappa shape index (κ1) is 10.8. The fourth-order valence-electron chi connectivity index (χ4n) is 1.44. The van der Waals surface area contributed by atoms with Gasteiger partial charge in [-0.3, -0.25) is 0 Å². The summed E-state index contributed by atoms with van der Waals surface area (Å²) in [4.78, 5) is 0. The number of hydrogen-bond acceptors (Lipinski definition) is 5. The normalized spacial score (nSPS) is 10.9. The molecule has 6 nitrogen and oxygen atoms in total. The monoisotopic (exact) mass is 222 g/mol. The first-order chi connectivity index (χ1) is 7.78. The summed E-state index contributed by atoms with van der Waals surface area (Å²) in [5.74, 6) is 0.760. The highest BCUT2D eigenvalue weighted by molar-refractivity contribution is 5.04. The van der Waals surface area contributed by atoms with Crippen LogP contribution in [0.3, 0.4) is 0 Å². The third-order valence-electron chi connectivity index (χ3n) is 2.17. The van der Waals surface area contributed by atoms with Crippen molar-refractivity contribution in [1.82, 2.24) is 20.2 Å². The van der Waals surface area contributed by atoms with E-state index in [-0.39, 0.29) is 6.61 Å². The predicted molar refractivity (Wildman–Crippen MR) is 55.8 cm³/mol. The molecule has 0 atom stereocenters. The van der Waals surface area contributed by atoms with Gasteiger partial charge in [-0.15, -0.1) is 5.10 Å². The van der Waals surface area contributed by atoms with Crippen LogP contribution in [0.1, 0.15) is 23.6 Å². The van der Waals surface area contributed by atoms with E-state index in [1.165, 1.54) is 0 Å². The Morgan fingerprint density at radius 2 is 2.38 bits per heavy atom. The van der Waals surface area contributed by atoms with E-state index in [2.05, 4.69) is 15.5 Å². The Bertz CT molecular complexity index is 449. The standard InChI is InChI=1S/C10H14N4O2/c1-8-5-10(16-12-8)7-14-6-9(11-13-14)3-2-4-15/h5-6,15H,2-4,7H2,1H3. The van der Waals surface area contributed by atoms with Crippen LogP contribution in [0.25, 0.3) is 0 Å². The molecule has 2 heterocycles. The summed E-state index contributed by atoms with van der Waals surface area (Å²) in [6, 6.07) is 1.87. The van der Waals surface area contributed by atoms with Crippen molar-refractivity contribution in [2.24, 2.45) is 0 Å². The third kappa shape index (κ3) is 2.66. The maximum atomic E-state index is 8.69. The van der Waals surface area contributed by atoms with Crippen LogP contribution in [0.15, 0.2) is 16.8 Å². The van der Waals surface area contributed by atoms with Gasteiger partial charge in [0.2, 0.25) is 0 Å². The van der Waals surface area contributed by atoms with Crippen molar-refractivity contribution in [3.05, 3.63) is 29.4 Å². The molecule has 0 amide bonds. The van der Waals surface area contributed by atoms with Crippen molar-refractivity contribution in [2.75, 3.05) is 6.61 Å². The van der Waals surface area contributed by atoms with Crippen molar-refractivity contribution < 1.29 is 9.63 Å². The van der Waals surface area contributed by atoms with Crippen LogP contribution in [-0.2, 0) is 13.0 Å². The highest BCUT2D eigenvalue weighted by atomic mass is 16.5. The van der Waals surface area contributed by atoms with Gasteiger partial charge in [0.1, 0.15) is 6.54 Å². The van der Waals surface area contributed by atoms with Crippen LogP contribution in [0.5, 0.6) is 0 Å². The minimum Gasteiger partial charge on any atom is -0.396 e. The van der Waals surface area contributed by atoms with E-state index in [9.17, 15) is 0 Å².